The smallest absolute Gasteiger partial charge is 0.325 e. The summed E-state index contributed by atoms with van der Waals surface area (Å²) in [6, 6.07) is 5.98. The van der Waals surface area contributed by atoms with Gasteiger partial charge in [0.15, 0.2) is 0 Å². The first-order valence-electron chi connectivity index (χ1n) is 6.21. The van der Waals surface area contributed by atoms with Gasteiger partial charge >= 0.3 is 5.97 Å². The molecule has 108 valence electrons. The van der Waals surface area contributed by atoms with Crippen molar-refractivity contribution in [3.63, 3.8) is 0 Å². The maximum absolute atomic E-state index is 14.0. The van der Waals surface area contributed by atoms with Crippen LogP contribution >= 0.6 is 0 Å². The normalized spacial score (nSPS) is 9.90. The standard InChI is InChI=1S/C14H17FN2O3/c1-3-20-14(18)10-17(6-7-19-2)13-5-4-11(9-16)8-12(13)15/h4-5,8H,3,6-7,10H2,1-2H3. The lowest BCUT2D eigenvalue weighted by Gasteiger charge is -2.23. The van der Waals surface area contributed by atoms with E-state index in [1.165, 1.54) is 24.1 Å². The van der Waals surface area contributed by atoms with E-state index in [1.807, 2.05) is 6.07 Å². The number of anilines is 1. The summed E-state index contributed by atoms with van der Waals surface area (Å²) in [6.07, 6.45) is 0. The largest absolute Gasteiger partial charge is 0.465 e. The zero-order valence-electron chi connectivity index (χ0n) is 11.6. The van der Waals surface area contributed by atoms with Crippen LogP contribution in [0.15, 0.2) is 18.2 Å². The van der Waals surface area contributed by atoms with E-state index in [-0.39, 0.29) is 24.4 Å². The van der Waals surface area contributed by atoms with Gasteiger partial charge in [0, 0.05) is 13.7 Å². The summed E-state index contributed by atoms with van der Waals surface area (Å²) in [6.45, 7) is 2.60. The fourth-order valence-electron chi connectivity index (χ4n) is 1.68. The Morgan fingerprint density at radius 3 is 2.80 bits per heavy atom. The molecule has 0 saturated heterocycles. The first-order chi connectivity index (χ1) is 9.62. The first kappa shape index (κ1) is 15.9. The predicted octanol–water partition coefficient (Wildman–Crippen LogP) is 1.71. The van der Waals surface area contributed by atoms with E-state index in [1.54, 1.807) is 6.92 Å². The Morgan fingerprint density at radius 2 is 2.25 bits per heavy atom. The Labute approximate surface area is 117 Å². The van der Waals surface area contributed by atoms with E-state index >= 15 is 0 Å². The number of hydrogen-bond acceptors (Lipinski definition) is 5. The maximum atomic E-state index is 14.0. The van der Waals surface area contributed by atoms with Crippen LogP contribution in [0.3, 0.4) is 0 Å². The highest BCUT2D eigenvalue weighted by Crippen LogP contribution is 2.20. The van der Waals surface area contributed by atoms with Crippen molar-refractivity contribution >= 4 is 11.7 Å². The highest BCUT2D eigenvalue weighted by molar-refractivity contribution is 5.76. The van der Waals surface area contributed by atoms with Crippen molar-refractivity contribution in [1.29, 1.82) is 5.26 Å². The predicted molar refractivity (Wildman–Crippen MR) is 71.8 cm³/mol. The van der Waals surface area contributed by atoms with Crippen LogP contribution in [0.4, 0.5) is 10.1 Å². The molecule has 0 atom stereocenters. The minimum absolute atomic E-state index is 0.0694. The van der Waals surface area contributed by atoms with E-state index in [9.17, 15) is 9.18 Å². The SMILES string of the molecule is CCOC(=O)CN(CCOC)c1ccc(C#N)cc1F. The third kappa shape index (κ3) is 4.52. The van der Waals surface area contributed by atoms with Gasteiger partial charge in [0.1, 0.15) is 12.4 Å². The molecule has 0 saturated carbocycles. The molecule has 0 fully saturated rings. The van der Waals surface area contributed by atoms with Gasteiger partial charge in [0.2, 0.25) is 0 Å². The number of benzene rings is 1. The third-order valence-electron chi connectivity index (χ3n) is 2.61. The molecule has 0 radical (unpaired) electrons. The molecule has 5 nitrogen and oxygen atoms in total. The summed E-state index contributed by atoms with van der Waals surface area (Å²) < 4.78 is 23.8. The molecule has 0 aliphatic rings. The molecule has 0 amide bonds. The zero-order valence-corrected chi connectivity index (χ0v) is 11.6. The lowest BCUT2D eigenvalue weighted by Crippen LogP contribution is -2.34. The molecule has 0 N–H and O–H groups in total. The average molecular weight is 280 g/mol. The fourth-order valence-corrected chi connectivity index (χ4v) is 1.68. The molecule has 1 rings (SSSR count). The molecule has 0 aromatic heterocycles. The lowest BCUT2D eigenvalue weighted by molar-refractivity contribution is -0.141. The molecule has 0 unspecified atom stereocenters. The third-order valence-corrected chi connectivity index (χ3v) is 2.61. The van der Waals surface area contributed by atoms with E-state index in [4.69, 9.17) is 14.7 Å². The van der Waals surface area contributed by atoms with Crippen LogP contribution in [0.2, 0.25) is 0 Å². The van der Waals surface area contributed by atoms with E-state index in [2.05, 4.69) is 0 Å². The second kappa shape index (κ2) is 8.12. The molecule has 6 heteroatoms. The Hall–Kier alpha value is -2.13. The van der Waals surface area contributed by atoms with Crippen LogP contribution in [0, 0.1) is 17.1 Å². The fraction of sp³-hybridized carbons (Fsp3) is 0.429. The van der Waals surface area contributed by atoms with Crippen molar-refractivity contribution in [1.82, 2.24) is 0 Å². The summed E-state index contributed by atoms with van der Waals surface area (Å²) in [5.74, 6) is -0.989. The molecule has 0 spiro atoms. The van der Waals surface area contributed by atoms with Gasteiger partial charge in [0.05, 0.1) is 30.5 Å². The van der Waals surface area contributed by atoms with Crippen LogP contribution in [-0.4, -0.2) is 39.4 Å². The second-order valence-electron chi connectivity index (χ2n) is 4.00. The molecule has 20 heavy (non-hydrogen) atoms. The lowest BCUT2D eigenvalue weighted by atomic mass is 10.2. The van der Waals surface area contributed by atoms with Gasteiger partial charge in [-0.05, 0) is 25.1 Å². The van der Waals surface area contributed by atoms with Gasteiger partial charge in [-0.3, -0.25) is 4.79 Å². The van der Waals surface area contributed by atoms with Crippen LogP contribution in [0.25, 0.3) is 0 Å². The summed E-state index contributed by atoms with van der Waals surface area (Å²) in [5.41, 5.74) is 0.475. The van der Waals surface area contributed by atoms with E-state index in [0.29, 0.717) is 13.2 Å². The van der Waals surface area contributed by atoms with E-state index < -0.39 is 11.8 Å². The van der Waals surface area contributed by atoms with Crippen LogP contribution in [-0.2, 0) is 14.3 Å². The van der Waals surface area contributed by atoms with Crippen LogP contribution in [0.5, 0.6) is 0 Å². The Morgan fingerprint density at radius 1 is 1.50 bits per heavy atom. The average Bonchev–Trinajstić information content (AvgIpc) is 2.43. The number of esters is 1. The van der Waals surface area contributed by atoms with Gasteiger partial charge < -0.3 is 14.4 Å². The van der Waals surface area contributed by atoms with Gasteiger partial charge in [-0.15, -0.1) is 0 Å². The minimum atomic E-state index is -0.551. The molecular formula is C14H17FN2O3. The van der Waals surface area contributed by atoms with E-state index in [0.717, 1.165) is 6.07 Å². The number of rotatable bonds is 7. The molecule has 1 aromatic carbocycles. The number of nitrogens with zero attached hydrogens (tertiary/aromatic N) is 2. The second-order valence-corrected chi connectivity index (χ2v) is 4.00. The molecular weight excluding hydrogens is 263 g/mol. The summed E-state index contributed by atoms with van der Waals surface area (Å²) in [4.78, 5) is 13.1. The van der Waals surface area contributed by atoms with Crippen molar-refractivity contribution in [3.8, 4) is 6.07 Å². The summed E-state index contributed by atoms with van der Waals surface area (Å²) in [7, 11) is 1.53. The number of hydrogen-bond donors (Lipinski definition) is 0. The van der Waals surface area contributed by atoms with Crippen LogP contribution in [0.1, 0.15) is 12.5 Å². The van der Waals surface area contributed by atoms with Crippen molar-refractivity contribution in [2.24, 2.45) is 0 Å². The number of methoxy groups -OCH3 is 1. The first-order valence-corrected chi connectivity index (χ1v) is 6.21. The van der Waals surface area contributed by atoms with Crippen molar-refractivity contribution < 1.29 is 18.7 Å². The number of carbonyl (C=O) groups is 1. The van der Waals surface area contributed by atoms with Gasteiger partial charge in [-0.1, -0.05) is 0 Å². The number of halogens is 1. The summed E-state index contributed by atoms with van der Waals surface area (Å²) in [5, 5.41) is 8.72. The quantitative estimate of drug-likeness (QED) is 0.712. The number of carbonyl (C=O) groups excluding carboxylic acids is 1. The molecule has 0 heterocycles. The number of ether oxygens (including phenoxy) is 2. The Kier molecular flexibility index (Phi) is 6.47. The van der Waals surface area contributed by atoms with Crippen LogP contribution < -0.4 is 4.90 Å². The Balaban J connectivity index is 2.92. The Bertz CT molecular complexity index is 500. The zero-order chi connectivity index (χ0) is 15.0. The van der Waals surface area contributed by atoms with Gasteiger partial charge in [-0.25, -0.2) is 4.39 Å². The number of nitriles is 1. The molecule has 1 aromatic rings. The highest BCUT2D eigenvalue weighted by Gasteiger charge is 2.16. The molecule has 0 aliphatic heterocycles. The highest BCUT2D eigenvalue weighted by atomic mass is 19.1. The minimum Gasteiger partial charge on any atom is -0.465 e. The topological polar surface area (TPSA) is 62.6 Å². The summed E-state index contributed by atoms with van der Waals surface area (Å²) >= 11 is 0. The molecule has 0 aliphatic carbocycles. The monoisotopic (exact) mass is 280 g/mol. The maximum Gasteiger partial charge on any atom is 0.325 e. The van der Waals surface area contributed by atoms with Crippen molar-refractivity contribution in [3.05, 3.63) is 29.6 Å². The van der Waals surface area contributed by atoms with Gasteiger partial charge in [-0.2, -0.15) is 5.26 Å². The van der Waals surface area contributed by atoms with Crippen molar-refractivity contribution in [2.45, 2.75) is 6.92 Å². The van der Waals surface area contributed by atoms with Crippen molar-refractivity contribution in [2.75, 3.05) is 38.3 Å². The molecule has 0 bridgehead atoms. The van der Waals surface area contributed by atoms with Gasteiger partial charge in [0.25, 0.3) is 0 Å².